The highest BCUT2D eigenvalue weighted by molar-refractivity contribution is 6.13. The summed E-state index contributed by atoms with van der Waals surface area (Å²) in [7, 11) is 0. The van der Waals surface area contributed by atoms with Crippen molar-refractivity contribution in [2.45, 2.75) is 20.3 Å². The van der Waals surface area contributed by atoms with E-state index in [2.05, 4.69) is 5.10 Å². The van der Waals surface area contributed by atoms with Gasteiger partial charge >= 0.3 is 0 Å². The molecule has 1 aromatic rings. The Hall–Kier alpha value is -1.64. The van der Waals surface area contributed by atoms with Crippen LogP contribution in [-0.4, -0.2) is 11.5 Å². The smallest absolute Gasteiger partial charge is 0.128 e. The highest BCUT2D eigenvalue weighted by atomic mass is 15.5. The Balaban J connectivity index is 2.32. The highest BCUT2D eigenvalue weighted by Crippen LogP contribution is 2.20. The van der Waals surface area contributed by atoms with Crippen LogP contribution in [-0.2, 0) is 0 Å². The van der Waals surface area contributed by atoms with Crippen molar-refractivity contribution in [1.29, 1.82) is 5.41 Å². The number of rotatable bonds is 1. The van der Waals surface area contributed by atoms with E-state index in [0.29, 0.717) is 12.3 Å². The van der Waals surface area contributed by atoms with E-state index in [1.807, 2.05) is 38.1 Å². The van der Waals surface area contributed by atoms with Crippen LogP contribution in [0, 0.1) is 12.3 Å². The van der Waals surface area contributed by atoms with Gasteiger partial charge in [-0.1, -0.05) is 17.7 Å². The lowest BCUT2D eigenvalue weighted by atomic mass is 10.2. The Labute approximate surface area is 83.6 Å². The first-order valence-electron chi connectivity index (χ1n) is 4.65. The summed E-state index contributed by atoms with van der Waals surface area (Å²) in [6, 6.07) is 8.05. The summed E-state index contributed by atoms with van der Waals surface area (Å²) in [6.45, 7) is 4.00. The predicted octanol–water partition coefficient (Wildman–Crippen LogP) is 2.56. The summed E-state index contributed by atoms with van der Waals surface area (Å²) in [4.78, 5) is 0. The van der Waals surface area contributed by atoms with E-state index >= 15 is 0 Å². The van der Waals surface area contributed by atoms with Gasteiger partial charge in [0, 0.05) is 12.1 Å². The molecule has 0 atom stereocenters. The first kappa shape index (κ1) is 8.94. The molecule has 0 fully saturated rings. The Bertz CT molecular complexity index is 389. The van der Waals surface area contributed by atoms with Crippen LogP contribution in [0.4, 0.5) is 5.69 Å². The zero-order chi connectivity index (χ0) is 10.1. The molecule has 2 rings (SSSR count). The van der Waals surface area contributed by atoms with Crippen molar-refractivity contribution < 1.29 is 0 Å². The van der Waals surface area contributed by atoms with Crippen LogP contribution in [0.1, 0.15) is 18.9 Å². The standard InChI is InChI=1S/C11H13N3/c1-8-3-5-10(6-4-8)14-11(12)7-9(2)13-14/h3-6,12H,7H2,1-2H3. The average Bonchev–Trinajstić information content (AvgIpc) is 2.47. The SMILES string of the molecule is CC1=NN(c2ccc(C)cc2)C(=N)C1. The number of amidine groups is 1. The number of benzene rings is 1. The van der Waals surface area contributed by atoms with Gasteiger partial charge in [-0.15, -0.1) is 0 Å². The molecule has 1 heterocycles. The van der Waals surface area contributed by atoms with Crippen molar-refractivity contribution in [3.8, 4) is 0 Å². The van der Waals surface area contributed by atoms with Gasteiger partial charge in [0.15, 0.2) is 0 Å². The van der Waals surface area contributed by atoms with Crippen molar-refractivity contribution in [2.24, 2.45) is 5.10 Å². The van der Waals surface area contributed by atoms with Gasteiger partial charge in [0.05, 0.1) is 5.69 Å². The molecule has 72 valence electrons. The maximum Gasteiger partial charge on any atom is 0.128 e. The molecule has 14 heavy (non-hydrogen) atoms. The minimum Gasteiger partial charge on any atom is -0.286 e. The molecule has 0 unspecified atom stereocenters. The fraction of sp³-hybridized carbons (Fsp3) is 0.273. The molecule has 0 aromatic heterocycles. The Morgan fingerprint density at radius 3 is 2.36 bits per heavy atom. The van der Waals surface area contributed by atoms with Crippen LogP contribution in [0.25, 0.3) is 0 Å². The summed E-state index contributed by atoms with van der Waals surface area (Å²) in [5.41, 5.74) is 3.19. The molecule has 3 nitrogen and oxygen atoms in total. The number of aryl methyl sites for hydroxylation is 1. The predicted molar refractivity (Wildman–Crippen MR) is 59.1 cm³/mol. The van der Waals surface area contributed by atoms with Gasteiger partial charge in [0.25, 0.3) is 0 Å². The summed E-state index contributed by atoms with van der Waals surface area (Å²) in [5.74, 6) is 0.548. The minimum absolute atomic E-state index is 0.548. The van der Waals surface area contributed by atoms with Crippen molar-refractivity contribution in [3.05, 3.63) is 29.8 Å². The lowest BCUT2D eigenvalue weighted by molar-refractivity contribution is 1.13. The normalized spacial score (nSPS) is 16.0. The van der Waals surface area contributed by atoms with E-state index in [9.17, 15) is 0 Å². The van der Waals surface area contributed by atoms with Gasteiger partial charge in [-0.05, 0) is 26.0 Å². The summed E-state index contributed by atoms with van der Waals surface area (Å²) in [5, 5.41) is 13.7. The second-order valence-electron chi connectivity index (χ2n) is 3.61. The maximum atomic E-state index is 7.74. The lowest BCUT2D eigenvalue weighted by Gasteiger charge is -2.13. The zero-order valence-corrected chi connectivity index (χ0v) is 8.41. The summed E-state index contributed by atoms with van der Waals surface area (Å²) < 4.78 is 0. The van der Waals surface area contributed by atoms with Gasteiger partial charge < -0.3 is 0 Å². The number of nitrogens with zero attached hydrogens (tertiary/aromatic N) is 2. The lowest BCUT2D eigenvalue weighted by Crippen LogP contribution is -2.18. The van der Waals surface area contributed by atoms with E-state index in [-0.39, 0.29) is 0 Å². The molecule has 1 aliphatic heterocycles. The number of anilines is 1. The molecule has 0 aliphatic carbocycles. The zero-order valence-electron chi connectivity index (χ0n) is 8.41. The van der Waals surface area contributed by atoms with Crippen LogP contribution in [0.5, 0.6) is 0 Å². The van der Waals surface area contributed by atoms with Crippen LogP contribution < -0.4 is 5.01 Å². The van der Waals surface area contributed by atoms with Crippen molar-refractivity contribution in [1.82, 2.24) is 0 Å². The molecule has 3 heteroatoms. The summed E-state index contributed by atoms with van der Waals surface area (Å²) in [6.07, 6.45) is 0.661. The Morgan fingerprint density at radius 1 is 1.21 bits per heavy atom. The molecule has 1 N–H and O–H groups in total. The summed E-state index contributed by atoms with van der Waals surface area (Å²) >= 11 is 0. The van der Waals surface area contributed by atoms with Crippen LogP contribution in [0.2, 0.25) is 0 Å². The van der Waals surface area contributed by atoms with Crippen LogP contribution >= 0.6 is 0 Å². The molecule has 0 saturated heterocycles. The van der Waals surface area contributed by atoms with Crippen molar-refractivity contribution in [2.75, 3.05) is 5.01 Å². The number of hydrogen-bond donors (Lipinski definition) is 1. The number of nitrogens with one attached hydrogen (secondary N) is 1. The van der Waals surface area contributed by atoms with E-state index in [0.717, 1.165) is 11.4 Å². The van der Waals surface area contributed by atoms with Gasteiger partial charge in [0.1, 0.15) is 5.84 Å². The first-order valence-corrected chi connectivity index (χ1v) is 4.65. The number of hydrazone groups is 1. The first-order chi connectivity index (χ1) is 6.66. The maximum absolute atomic E-state index is 7.74. The fourth-order valence-corrected chi connectivity index (χ4v) is 1.48. The topological polar surface area (TPSA) is 39.5 Å². The largest absolute Gasteiger partial charge is 0.286 e. The van der Waals surface area contributed by atoms with Crippen molar-refractivity contribution >= 4 is 17.2 Å². The van der Waals surface area contributed by atoms with Crippen LogP contribution in [0.3, 0.4) is 0 Å². The Morgan fingerprint density at radius 2 is 1.86 bits per heavy atom. The van der Waals surface area contributed by atoms with E-state index < -0.39 is 0 Å². The van der Waals surface area contributed by atoms with Gasteiger partial charge in [0.2, 0.25) is 0 Å². The third-order valence-electron chi connectivity index (χ3n) is 2.23. The third-order valence-corrected chi connectivity index (χ3v) is 2.23. The third kappa shape index (κ3) is 1.53. The molecule has 0 amide bonds. The van der Waals surface area contributed by atoms with Crippen LogP contribution in [0.15, 0.2) is 29.4 Å². The average molecular weight is 187 g/mol. The van der Waals surface area contributed by atoms with Gasteiger partial charge in [-0.25, -0.2) is 5.01 Å². The highest BCUT2D eigenvalue weighted by Gasteiger charge is 2.18. The molecule has 1 aromatic carbocycles. The molecule has 0 radical (unpaired) electrons. The minimum atomic E-state index is 0.548. The second kappa shape index (κ2) is 3.25. The van der Waals surface area contributed by atoms with Gasteiger partial charge in [-0.2, -0.15) is 5.10 Å². The second-order valence-corrected chi connectivity index (χ2v) is 3.61. The van der Waals surface area contributed by atoms with Crippen molar-refractivity contribution in [3.63, 3.8) is 0 Å². The van der Waals surface area contributed by atoms with E-state index in [4.69, 9.17) is 5.41 Å². The quantitative estimate of drug-likeness (QED) is 0.721. The fourth-order valence-electron chi connectivity index (χ4n) is 1.48. The molecule has 0 saturated carbocycles. The monoisotopic (exact) mass is 187 g/mol. The number of hydrogen-bond acceptors (Lipinski definition) is 2. The van der Waals surface area contributed by atoms with E-state index in [1.54, 1.807) is 5.01 Å². The molecular formula is C11H13N3. The molecule has 0 spiro atoms. The molecule has 1 aliphatic rings. The molecular weight excluding hydrogens is 174 g/mol. The van der Waals surface area contributed by atoms with Gasteiger partial charge in [-0.3, -0.25) is 5.41 Å². The van der Waals surface area contributed by atoms with E-state index in [1.165, 1.54) is 5.56 Å². The molecule has 0 bridgehead atoms. The Kier molecular flexibility index (Phi) is 2.08.